The number of rotatable bonds is 8. The fourth-order valence-corrected chi connectivity index (χ4v) is 2.70. The Bertz CT molecular complexity index is 720. The molecule has 0 aromatic heterocycles. The van der Waals surface area contributed by atoms with Crippen molar-refractivity contribution in [3.05, 3.63) is 59.7 Å². The van der Waals surface area contributed by atoms with Crippen molar-refractivity contribution < 1.29 is 19.4 Å². The summed E-state index contributed by atoms with van der Waals surface area (Å²) in [6.45, 7) is 4.61. The first-order valence-corrected chi connectivity index (χ1v) is 8.59. The molecule has 4 heteroatoms. The molecule has 0 bridgehead atoms. The van der Waals surface area contributed by atoms with Gasteiger partial charge in [0.15, 0.2) is 0 Å². The molecule has 2 aromatic carbocycles. The summed E-state index contributed by atoms with van der Waals surface area (Å²) in [6, 6.07) is 14.1. The maximum Gasteiger partial charge on any atom is 0.339 e. The fourth-order valence-electron chi connectivity index (χ4n) is 2.70. The second-order valence-electron chi connectivity index (χ2n) is 6.42. The van der Waals surface area contributed by atoms with Gasteiger partial charge in [-0.25, -0.2) is 9.59 Å². The zero-order chi connectivity index (χ0) is 18.2. The second-order valence-corrected chi connectivity index (χ2v) is 6.42. The first kappa shape index (κ1) is 18.7. The van der Waals surface area contributed by atoms with Crippen molar-refractivity contribution in [3.8, 4) is 11.1 Å². The molecule has 0 fully saturated rings. The molecule has 0 amide bonds. The van der Waals surface area contributed by atoms with Gasteiger partial charge in [-0.1, -0.05) is 62.7 Å². The molecule has 0 aliphatic heterocycles. The van der Waals surface area contributed by atoms with Crippen LogP contribution in [0.1, 0.15) is 53.8 Å². The van der Waals surface area contributed by atoms with E-state index < -0.39 is 11.9 Å². The Labute approximate surface area is 148 Å². The summed E-state index contributed by atoms with van der Waals surface area (Å²) in [5.74, 6) is -1.10. The van der Waals surface area contributed by atoms with Crippen molar-refractivity contribution in [2.75, 3.05) is 6.61 Å². The molecule has 2 aromatic rings. The maximum absolute atomic E-state index is 12.6. The van der Waals surface area contributed by atoms with E-state index in [0.29, 0.717) is 18.1 Å². The van der Waals surface area contributed by atoms with E-state index in [1.807, 2.05) is 30.3 Å². The van der Waals surface area contributed by atoms with Crippen molar-refractivity contribution in [3.63, 3.8) is 0 Å². The van der Waals surface area contributed by atoms with Gasteiger partial charge in [-0.05, 0) is 36.0 Å². The normalized spacial score (nSPS) is 10.7. The summed E-state index contributed by atoms with van der Waals surface area (Å²) in [6.07, 6.45) is 2.84. The molecule has 0 aliphatic carbocycles. The van der Waals surface area contributed by atoms with Gasteiger partial charge < -0.3 is 9.84 Å². The first-order valence-electron chi connectivity index (χ1n) is 8.59. The summed E-state index contributed by atoms with van der Waals surface area (Å²) < 4.78 is 5.36. The van der Waals surface area contributed by atoms with Crippen molar-refractivity contribution in [1.82, 2.24) is 0 Å². The minimum Gasteiger partial charge on any atom is -0.478 e. The smallest absolute Gasteiger partial charge is 0.339 e. The lowest BCUT2D eigenvalue weighted by atomic mass is 9.95. The van der Waals surface area contributed by atoms with E-state index in [-0.39, 0.29) is 11.1 Å². The van der Waals surface area contributed by atoms with Crippen LogP contribution in [0.5, 0.6) is 0 Å². The van der Waals surface area contributed by atoms with Gasteiger partial charge in [0, 0.05) is 0 Å². The molecule has 2 rings (SSSR count). The monoisotopic (exact) mass is 340 g/mol. The average Bonchev–Trinajstić information content (AvgIpc) is 2.61. The molecule has 0 heterocycles. The highest BCUT2D eigenvalue weighted by molar-refractivity contribution is 6.07. The lowest BCUT2D eigenvalue weighted by molar-refractivity contribution is 0.0488. The van der Waals surface area contributed by atoms with Gasteiger partial charge in [-0.15, -0.1) is 0 Å². The largest absolute Gasteiger partial charge is 0.478 e. The van der Waals surface area contributed by atoms with Gasteiger partial charge in [0.05, 0.1) is 17.7 Å². The van der Waals surface area contributed by atoms with Crippen molar-refractivity contribution in [1.29, 1.82) is 0 Å². The van der Waals surface area contributed by atoms with E-state index in [0.717, 1.165) is 24.8 Å². The minimum atomic E-state index is -1.13. The SMILES string of the molecule is CC(C)CCCCOC(=O)c1c(C(=O)O)cccc1-c1ccccc1. The van der Waals surface area contributed by atoms with Gasteiger partial charge in [0.2, 0.25) is 0 Å². The van der Waals surface area contributed by atoms with Crippen LogP contribution in [0.25, 0.3) is 11.1 Å². The van der Waals surface area contributed by atoms with Gasteiger partial charge in [-0.2, -0.15) is 0 Å². The Kier molecular flexibility index (Phi) is 6.75. The van der Waals surface area contributed by atoms with Gasteiger partial charge >= 0.3 is 11.9 Å². The lowest BCUT2D eigenvalue weighted by Crippen LogP contribution is -2.14. The Morgan fingerprint density at radius 3 is 2.36 bits per heavy atom. The van der Waals surface area contributed by atoms with Crippen molar-refractivity contribution in [2.24, 2.45) is 5.92 Å². The predicted molar refractivity (Wildman–Crippen MR) is 97.8 cm³/mol. The van der Waals surface area contributed by atoms with E-state index in [2.05, 4.69) is 13.8 Å². The average molecular weight is 340 g/mol. The van der Waals surface area contributed by atoms with Crippen LogP contribution in [-0.4, -0.2) is 23.7 Å². The highest BCUT2D eigenvalue weighted by atomic mass is 16.5. The fraction of sp³-hybridized carbons (Fsp3) is 0.333. The zero-order valence-electron chi connectivity index (χ0n) is 14.7. The molecule has 132 valence electrons. The van der Waals surface area contributed by atoms with E-state index in [1.165, 1.54) is 6.07 Å². The topological polar surface area (TPSA) is 63.6 Å². The summed E-state index contributed by atoms with van der Waals surface area (Å²) in [7, 11) is 0. The molecule has 0 radical (unpaired) electrons. The Morgan fingerprint density at radius 1 is 1.00 bits per heavy atom. The number of aromatic carboxylic acids is 1. The number of carboxylic acid groups (broad SMARTS) is 1. The number of benzene rings is 2. The molecule has 25 heavy (non-hydrogen) atoms. The zero-order valence-corrected chi connectivity index (χ0v) is 14.7. The third-order valence-corrected chi connectivity index (χ3v) is 3.99. The summed E-state index contributed by atoms with van der Waals surface area (Å²) >= 11 is 0. The summed E-state index contributed by atoms with van der Waals surface area (Å²) in [4.78, 5) is 24.1. The lowest BCUT2D eigenvalue weighted by Gasteiger charge is -2.13. The van der Waals surface area contributed by atoms with Gasteiger partial charge in [0.25, 0.3) is 0 Å². The van der Waals surface area contributed by atoms with Gasteiger partial charge in [0.1, 0.15) is 0 Å². The third kappa shape index (κ3) is 5.18. The number of carbonyl (C=O) groups is 2. The number of unbranched alkanes of at least 4 members (excludes halogenated alkanes) is 1. The molecule has 0 spiro atoms. The maximum atomic E-state index is 12.6. The molecule has 4 nitrogen and oxygen atoms in total. The number of hydrogen-bond donors (Lipinski definition) is 1. The Hall–Kier alpha value is -2.62. The number of carboxylic acids is 1. The molecule has 0 saturated heterocycles. The number of carbonyl (C=O) groups excluding carboxylic acids is 1. The molecular formula is C21H24O4. The molecule has 0 unspecified atom stereocenters. The quantitative estimate of drug-likeness (QED) is 0.540. The summed E-state index contributed by atoms with van der Waals surface area (Å²) in [5.41, 5.74) is 1.45. The molecular weight excluding hydrogens is 316 g/mol. The van der Waals surface area contributed by atoms with Crippen molar-refractivity contribution in [2.45, 2.75) is 33.1 Å². The Balaban J connectivity index is 2.22. The summed E-state index contributed by atoms with van der Waals surface area (Å²) in [5, 5.41) is 9.45. The van der Waals surface area contributed by atoms with Crippen LogP contribution in [0, 0.1) is 5.92 Å². The van der Waals surface area contributed by atoms with Crippen LogP contribution in [0.15, 0.2) is 48.5 Å². The highest BCUT2D eigenvalue weighted by Crippen LogP contribution is 2.27. The van der Waals surface area contributed by atoms with Crippen molar-refractivity contribution >= 4 is 11.9 Å². The number of esters is 1. The molecule has 1 N–H and O–H groups in total. The van der Waals surface area contributed by atoms with Crippen LogP contribution in [-0.2, 0) is 4.74 Å². The van der Waals surface area contributed by atoms with E-state index in [9.17, 15) is 14.7 Å². The van der Waals surface area contributed by atoms with E-state index in [4.69, 9.17) is 4.74 Å². The van der Waals surface area contributed by atoms with Crippen LogP contribution < -0.4 is 0 Å². The van der Waals surface area contributed by atoms with Crippen LogP contribution >= 0.6 is 0 Å². The third-order valence-electron chi connectivity index (χ3n) is 3.99. The van der Waals surface area contributed by atoms with Gasteiger partial charge in [-0.3, -0.25) is 0 Å². The van der Waals surface area contributed by atoms with Crippen LogP contribution in [0.3, 0.4) is 0 Å². The molecule has 0 atom stereocenters. The van der Waals surface area contributed by atoms with E-state index >= 15 is 0 Å². The standard InChI is InChI=1S/C21H24O4/c1-15(2)9-6-7-14-25-21(24)19-17(16-10-4-3-5-11-16)12-8-13-18(19)20(22)23/h3-5,8,10-13,15H,6-7,9,14H2,1-2H3,(H,22,23). The van der Waals surface area contributed by atoms with E-state index in [1.54, 1.807) is 12.1 Å². The Morgan fingerprint density at radius 2 is 1.72 bits per heavy atom. The van der Waals surface area contributed by atoms with Crippen LogP contribution in [0.4, 0.5) is 0 Å². The second kappa shape index (κ2) is 9.02. The highest BCUT2D eigenvalue weighted by Gasteiger charge is 2.22. The minimum absolute atomic E-state index is 0.0338. The molecule has 0 aliphatic rings. The van der Waals surface area contributed by atoms with Crippen LogP contribution in [0.2, 0.25) is 0 Å². The first-order chi connectivity index (χ1) is 12.0. The number of hydrogen-bond acceptors (Lipinski definition) is 3. The predicted octanol–water partition coefficient (Wildman–Crippen LogP) is 5.03. The number of ether oxygens (including phenoxy) is 1. The molecule has 0 saturated carbocycles.